The molecular weight excluding hydrogens is 368 g/mol. The molecule has 2 nitrogen and oxygen atoms in total. The van der Waals surface area contributed by atoms with Gasteiger partial charge in [-0.15, -0.1) is 0 Å². The minimum absolute atomic E-state index is 0.331. The number of rotatable bonds is 12. The fourth-order valence-electron chi connectivity index (χ4n) is 4.75. The van der Waals surface area contributed by atoms with E-state index >= 15 is 0 Å². The zero-order chi connectivity index (χ0) is 21.0. The molecule has 0 bridgehead atoms. The van der Waals surface area contributed by atoms with Crippen molar-refractivity contribution < 1.29 is 9.47 Å². The Morgan fingerprint density at radius 3 is 2.33 bits per heavy atom. The van der Waals surface area contributed by atoms with Crippen molar-refractivity contribution in [3.8, 4) is 16.9 Å². The third-order valence-electron chi connectivity index (χ3n) is 6.53. The van der Waals surface area contributed by atoms with Crippen molar-refractivity contribution in [1.29, 1.82) is 0 Å². The number of methoxy groups -OCH3 is 1. The summed E-state index contributed by atoms with van der Waals surface area (Å²) in [6.45, 7) is 3.07. The summed E-state index contributed by atoms with van der Waals surface area (Å²) < 4.78 is 12.2. The SMILES string of the molecule is CCCCCCCCCOc1cc([C@H]2CCCC[C@@H]2OC)ccc1-c1ccccc1. The van der Waals surface area contributed by atoms with Gasteiger partial charge in [-0.25, -0.2) is 0 Å². The van der Waals surface area contributed by atoms with Gasteiger partial charge in [-0.1, -0.05) is 101 Å². The Kier molecular flexibility index (Phi) is 9.76. The first-order chi connectivity index (χ1) is 14.8. The van der Waals surface area contributed by atoms with Crippen LogP contribution in [-0.2, 0) is 4.74 Å². The molecule has 30 heavy (non-hydrogen) atoms. The lowest BCUT2D eigenvalue weighted by Crippen LogP contribution is -2.24. The predicted molar refractivity (Wildman–Crippen MR) is 127 cm³/mol. The summed E-state index contributed by atoms with van der Waals surface area (Å²) in [6.07, 6.45) is 14.4. The number of unbranched alkanes of at least 4 members (excludes halogenated alkanes) is 6. The van der Waals surface area contributed by atoms with Gasteiger partial charge in [-0.05, 0) is 36.5 Å². The summed E-state index contributed by atoms with van der Waals surface area (Å²) in [7, 11) is 1.86. The van der Waals surface area contributed by atoms with E-state index in [0.29, 0.717) is 12.0 Å². The summed E-state index contributed by atoms with van der Waals surface area (Å²) in [5.74, 6) is 1.51. The highest BCUT2D eigenvalue weighted by atomic mass is 16.5. The van der Waals surface area contributed by atoms with Gasteiger partial charge in [0.05, 0.1) is 12.7 Å². The summed E-state index contributed by atoms with van der Waals surface area (Å²) in [5, 5.41) is 0. The highest BCUT2D eigenvalue weighted by Crippen LogP contribution is 2.39. The van der Waals surface area contributed by atoms with E-state index in [-0.39, 0.29) is 0 Å². The molecule has 0 radical (unpaired) electrons. The van der Waals surface area contributed by atoms with Crippen LogP contribution in [0.25, 0.3) is 11.1 Å². The van der Waals surface area contributed by atoms with Crippen molar-refractivity contribution in [3.63, 3.8) is 0 Å². The van der Waals surface area contributed by atoms with Crippen LogP contribution in [0.4, 0.5) is 0 Å². The lowest BCUT2D eigenvalue weighted by molar-refractivity contribution is 0.0523. The second-order valence-electron chi connectivity index (χ2n) is 8.76. The number of ether oxygens (including phenoxy) is 2. The molecule has 1 aliphatic carbocycles. The number of benzene rings is 2. The molecule has 2 heteroatoms. The first-order valence-corrected chi connectivity index (χ1v) is 12.2. The molecule has 0 unspecified atom stereocenters. The van der Waals surface area contributed by atoms with Crippen LogP contribution in [0.1, 0.15) is 89.0 Å². The van der Waals surface area contributed by atoms with E-state index in [1.54, 1.807) is 0 Å². The van der Waals surface area contributed by atoms with Crippen LogP contribution >= 0.6 is 0 Å². The van der Waals surface area contributed by atoms with Gasteiger partial charge in [-0.3, -0.25) is 0 Å². The third-order valence-corrected chi connectivity index (χ3v) is 6.53. The second-order valence-corrected chi connectivity index (χ2v) is 8.76. The van der Waals surface area contributed by atoms with Crippen LogP contribution in [0.15, 0.2) is 48.5 Å². The fraction of sp³-hybridized carbons (Fsp3) is 0.571. The van der Waals surface area contributed by atoms with Crippen LogP contribution in [-0.4, -0.2) is 19.8 Å². The van der Waals surface area contributed by atoms with Crippen molar-refractivity contribution in [3.05, 3.63) is 54.1 Å². The molecule has 0 spiro atoms. The minimum Gasteiger partial charge on any atom is -0.493 e. The van der Waals surface area contributed by atoms with E-state index in [0.717, 1.165) is 25.2 Å². The maximum absolute atomic E-state index is 6.38. The Labute approximate surface area is 184 Å². The van der Waals surface area contributed by atoms with Crippen molar-refractivity contribution in [2.24, 2.45) is 0 Å². The van der Waals surface area contributed by atoms with Gasteiger partial charge < -0.3 is 9.47 Å². The van der Waals surface area contributed by atoms with Crippen LogP contribution in [0.3, 0.4) is 0 Å². The smallest absolute Gasteiger partial charge is 0.127 e. The summed E-state index contributed by atoms with van der Waals surface area (Å²) in [6, 6.07) is 17.5. The molecule has 0 aliphatic heterocycles. The molecule has 1 saturated carbocycles. The Bertz CT molecular complexity index is 725. The largest absolute Gasteiger partial charge is 0.493 e. The zero-order valence-electron chi connectivity index (χ0n) is 19.1. The molecule has 0 saturated heterocycles. The highest BCUT2D eigenvalue weighted by molar-refractivity contribution is 5.71. The zero-order valence-corrected chi connectivity index (χ0v) is 19.1. The molecule has 2 atom stereocenters. The van der Waals surface area contributed by atoms with Gasteiger partial charge in [0.25, 0.3) is 0 Å². The van der Waals surface area contributed by atoms with Crippen LogP contribution in [0.2, 0.25) is 0 Å². The van der Waals surface area contributed by atoms with Crippen molar-refractivity contribution in [2.75, 3.05) is 13.7 Å². The topological polar surface area (TPSA) is 18.5 Å². The molecule has 3 rings (SSSR count). The average molecular weight is 409 g/mol. The van der Waals surface area contributed by atoms with Crippen LogP contribution in [0, 0.1) is 0 Å². The Morgan fingerprint density at radius 1 is 0.833 bits per heavy atom. The molecule has 0 amide bonds. The van der Waals surface area contributed by atoms with Gasteiger partial charge in [-0.2, -0.15) is 0 Å². The molecule has 0 aromatic heterocycles. The monoisotopic (exact) mass is 408 g/mol. The quantitative estimate of drug-likeness (QED) is 0.330. The molecule has 1 aliphatic rings. The molecule has 0 N–H and O–H groups in total. The molecule has 2 aromatic rings. The van der Waals surface area contributed by atoms with E-state index in [9.17, 15) is 0 Å². The Balaban J connectivity index is 1.68. The van der Waals surface area contributed by atoms with Gasteiger partial charge in [0, 0.05) is 18.6 Å². The number of hydrogen-bond acceptors (Lipinski definition) is 2. The van der Waals surface area contributed by atoms with E-state index < -0.39 is 0 Å². The first kappa shape index (κ1) is 22.9. The van der Waals surface area contributed by atoms with Crippen LogP contribution < -0.4 is 4.74 Å². The highest BCUT2D eigenvalue weighted by Gasteiger charge is 2.27. The fourth-order valence-corrected chi connectivity index (χ4v) is 4.75. The van der Waals surface area contributed by atoms with Crippen molar-refractivity contribution in [2.45, 2.75) is 89.6 Å². The Morgan fingerprint density at radius 2 is 1.57 bits per heavy atom. The summed E-state index contributed by atoms with van der Waals surface area (Å²) >= 11 is 0. The van der Waals surface area contributed by atoms with Gasteiger partial charge >= 0.3 is 0 Å². The summed E-state index contributed by atoms with van der Waals surface area (Å²) in [5.41, 5.74) is 3.80. The summed E-state index contributed by atoms with van der Waals surface area (Å²) in [4.78, 5) is 0. The lowest BCUT2D eigenvalue weighted by Gasteiger charge is -2.31. The van der Waals surface area contributed by atoms with Crippen molar-refractivity contribution in [1.82, 2.24) is 0 Å². The van der Waals surface area contributed by atoms with Crippen LogP contribution in [0.5, 0.6) is 5.75 Å². The first-order valence-electron chi connectivity index (χ1n) is 12.2. The maximum atomic E-state index is 6.38. The minimum atomic E-state index is 0.331. The van der Waals surface area contributed by atoms with Gasteiger partial charge in [0.2, 0.25) is 0 Å². The van der Waals surface area contributed by atoms with Crippen molar-refractivity contribution >= 4 is 0 Å². The van der Waals surface area contributed by atoms with Gasteiger partial charge in [0.15, 0.2) is 0 Å². The standard InChI is InChI=1S/C28H40O2/c1-3-4-5-6-7-8-14-21-30-28-22-24(25-17-12-13-18-27(25)29-2)19-20-26(28)23-15-10-9-11-16-23/h9-11,15-16,19-20,22,25,27H,3-8,12-14,17-18,21H2,1-2H3/t25-,27+/m1/s1. The van der Waals surface area contributed by atoms with Gasteiger partial charge in [0.1, 0.15) is 5.75 Å². The Hall–Kier alpha value is -1.80. The normalized spacial score (nSPS) is 19.0. The molecule has 2 aromatic carbocycles. The van der Waals surface area contributed by atoms with E-state index in [1.165, 1.54) is 74.5 Å². The maximum Gasteiger partial charge on any atom is 0.127 e. The molecular formula is C28H40O2. The third kappa shape index (κ3) is 6.60. The average Bonchev–Trinajstić information content (AvgIpc) is 2.81. The second kappa shape index (κ2) is 12.8. The lowest BCUT2D eigenvalue weighted by atomic mass is 9.81. The van der Waals surface area contributed by atoms with E-state index in [4.69, 9.17) is 9.47 Å². The molecule has 164 valence electrons. The predicted octanol–water partition coefficient (Wildman–Crippen LogP) is 8.16. The number of hydrogen-bond donors (Lipinski definition) is 0. The van der Waals surface area contributed by atoms with E-state index in [1.807, 2.05) is 7.11 Å². The van der Waals surface area contributed by atoms with E-state index in [2.05, 4.69) is 55.5 Å². The molecule has 0 heterocycles. The molecule has 1 fully saturated rings.